The van der Waals surface area contributed by atoms with Crippen LogP contribution in [0.1, 0.15) is 15.9 Å². The van der Waals surface area contributed by atoms with Gasteiger partial charge in [0.05, 0.1) is 17.7 Å². The minimum absolute atomic E-state index is 0.111. The van der Waals surface area contributed by atoms with Crippen LogP contribution in [0.25, 0.3) is 0 Å². The van der Waals surface area contributed by atoms with E-state index in [1.807, 2.05) is 0 Å². The molecule has 2 aromatic rings. The van der Waals surface area contributed by atoms with E-state index in [9.17, 15) is 14.0 Å². The number of benzene rings is 2. The molecule has 3 N–H and O–H groups in total. The Morgan fingerprint density at radius 3 is 2.40 bits per heavy atom. The molecular formula is C15H13FN2O2. The molecule has 0 saturated carbocycles. The van der Waals surface area contributed by atoms with Crippen LogP contribution in [0, 0.1) is 5.82 Å². The molecule has 0 aliphatic rings. The van der Waals surface area contributed by atoms with Crippen molar-refractivity contribution in [2.75, 3.05) is 5.32 Å². The van der Waals surface area contributed by atoms with Crippen molar-refractivity contribution in [1.82, 2.24) is 0 Å². The van der Waals surface area contributed by atoms with Crippen molar-refractivity contribution >= 4 is 17.5 Å². The number of nitrogens with two attached hydrogens (primary N) is 1. The fourth-order valence-corrected chi connectivity index (χ4v) is 1.82. The van der Waals surface area contributed by atoms with Gasteiger partial charge in [0.2, 0.25) is 5.91 Å². The van der Waals surface area contributed by atoms with Crippen molar-refractivity contribution in [3.05, 3.63) is 65.5 Å². The molecule has 0 aliphatic heterocycles. The van der Waals surface area contributed by atoms with Gasteiger partial charge in [0.15, 0.2) is 0 Å². The van der Waals surface area contributed by atoms with Gasteiger partial charge in [0, 0.05) is 0 Å². The summed E-state index contributed by atoms with van der Waals surface area (Å²) in [5.74, 6) is -1.48. The molecule has 2 aromatic carbocycles. The van der Waals surface area contributed by atoms with Gasteiger partial charge < -0.3 is 11.1 Å². The molecular weight excluding hydrogens is 259 g/mol. The highest BCUT2D eigenvalue weighted by Crippen LogP contribution is 2.15. The normalized spacial score (nSPS) is 10.1. The molecule has 0 aliphatic carbocycles. The molecule has 0 saturated heterocycles. The van der Waals surface area contributed by atoms with E-state index in [0.29, 0.717) is 11.3 Å². The number of nitrogens with one attached hydrogen (secondary N) is 1. The molecule has 2 rings (SSSR count). The van der Waals surface area contributed by atoms with Gasteiger partial charge in [0.25, 0.3) is 5.91 Å². The topological polar surface area (TPSA) is 72.2 Å². The Kier molecular flexibility index (Phi) is 4.10. The third-order valence-corrected chi connectivity index (χ3v) is 2.78. The maximum Gasteiger partial charge on any atom is 0.250 e. The Bertz CT molecular complexity index is 656. The molecule has 0 fully saturated rings. The van der Waals surface area contributed by atoms with E-state index in [1.54, 1.807) is 30.3 Å². The first-order valence-corrected chi connectivity index (χ1v) is 6.00. The van der Waals surface area contributed by atoms with Gasteiger partial charge in [-0.25, -0.2) is 4.39 Å². The van der Waals surface area contributed by atoms with Crippen molar-refractivity contribution in [3.8, 4) is 0 Å². The lowest BCUT2D eigenvalue weighted by molar-refractivity contribution is -0.115. The van der Waals surface area contributed by atoms with Crippen LogP contribution in [0.3, 0.4) is 0 Å². The van der Waals surface area contributed by atoms with E-state index in [1.165, 1.54) is 18.2 Å². The number of anilines is 1. The van der Waals surface area contributed by atoms with E-state index in [-0.39, 0.29) is 12.0 Å². The molecule has 0 bridgehead atoms. The van der Waals surface area contributed by atoms with Crippen LogP contribution in [0.2, 0.25) is 0 Å². The van der Waals surface area contributed by atoms with Crippen LogP contribution >= 0.6 is 0 Å². The van der Waals surface area contributed by atoms with Crippen molar-refractivity contribution in [1.29, 1.82) is 0 Å². The zero-order valence-electron chi connectivity index (χ0n) is 10.6. The van der Waals surface area contributed by atoms with E-state index >= 15 is 0 Å². The number of para-hydroxylation sites is 1. The zero-order valence-corrected chi connectivity index (χ0v) is 10.6. The van der Waals surface area contributed by atoms with Crippen molar-refractivity contribution < 1.29 is 14.0 Å². The lowest BCUT2D eigenvalue weighted by atomic mass is 10.1. The van der Waals surface area contributed by atoms with Crippen molar-refractivity contribution in [2.24, 2.45) is 5.73 Å². The summed E-state index contributed by atoms with van der Waals surface area (Å²) in [7, 11) is 0. The zero-order chi connectivity index (χ0) is 14.5. The minimum Gasteiger partial charge on any atom is -0.366 e. The van der Waals surface area contributed by atoms with E-state index < -0.39 is 17.6 Å². The first-order valence-electron chi connectivity index (χ1n) is 6.00. The van der Waals surface area contributed by atoms with E-state index in [4.69, 9.17) is 5.73 Å². The van der Waals surface area contributed by atoms with Crippen LogP contribution in [0.5, 0.6) is 0 Å². The van der Waals surface area contributed by atoms with Gasteiger partial charge in [-0.3, -0.25) is 9.59 Å². The molecule has 4 nitrogen and oxygen atoms in total. The Morgan fingerprint density at radius 2 is 1.70 bits per heavy atom. The summed E-state index contributed by atoms with van der Waals surface area (Å²) < 4.78 is 13.4. The number of rotatable bonds is 4. The lowest BCUT2D eigenvalue weighted by Crippen LogP contribution is -2.19. The molecule has 0 spiro atoms. The summed E-state index contributed by atoms with van der Waals surface area (Å²) >= 11 is 0. The molecule has 0 aromatic heterocycles. The SMILES string of the molecule is NC(=O)c1ccccc1NC(=O)Cc1ccccc1F. The molecule has 2 amide bonds. The van der Waals surface area contributed by atoms with Crippen LogP contribution in [0.15, 0.2) is 48.5 Å². The predicted octanol–water partition coefficient (Wildman–Crippen LogP) is 2.11. The number of hydrogen-bond donors (Lipinski definition) is 2. The maximum absolute atomic E-state index is 13.4. The van der Waals surface area contributed by atoms with Gasteiger partial charge >= 0.3 is 0 Å². The van der Waals surface area contributed by atoms with Crippen LogP contribution in [0.4, 0.5) is 10.1 Å². The molecule has 0 radical (unpaired) electrons. The average molecular weight is 272 g/mol. The number of amides is 2. The minimum atomic E-state index is -0.633. The van der Waals surface area contributed by atoms with Gasteiger partial charge in [-0.1, -0.05) is 30.3 Å². The van der Waals surface area contributed by atoms with Gasteiger partial charge in [-0.15, -0.1) is 0 Å². The van der Waals surface area contributed by atoms with Gasteiger partial charge in [-0.05, 0) is 23.8 Å². The Morgan fingerprint density at radius 1 is 1.05 bits per heavy atom. The Labute approximate surface area is 115 Å². The van der Waals surface area contributed by atoms with Crippen molar-refractivity contribution in [2.45, 2.75) is 6.42 Å². The monoisotopic (exact) mass is 272 g/mol. The molecule has 5 heteroatoms. The second-order valence-electron chi connectivity index (χ2n) is 4.23. The summed E-state index contributed by atoms with van der Waals surface area (Å²) in [5.41, 5.74) is 6.05. The highest BCUT2D eigenvalue weighted by atomic mass is 19.1. The largest absolute Gasteiger partial charge is 0.366 e. The fraction of sp³-hybridized carbons (Fsp3) is 0.0667. The summed E-state index contributed by atoms with van der Waals surface area (Å²) in [6.07, 6.45) is -0.111. The smallest absolute Gasteiger partial charge is 0.250 e. The van der Waals surface area contributed by atoms with Crippen LogP contribution < -0.4 is 11.1 Å². The first-order chi connectivity index (χ1) is 9.58. The molecule has 20 heavy (non-hydrogen) atoms. The third-order valence-electron chi connectivity index (χ3n) is 2.78. The first kappa shape index (κ1) is 13.7. The van der Waals surface area contributed by atoms with E-state index in [2.05, 4.69) is 5.32 Å². The summed E-state index contributed by atoms with van der Waals surface area (Å²) in [6.45, 7) is 0. The number of carbonyl (C=O) groups excluding carboxylic acids is 2. The standard InChI is InChI=1S/C15H13FN2O2/c16-12-7-3-1-5-10(12)9-14(19)18-13-8-4-2-6-11(13)15(17)20/h1-8H,9H2,(H2,17,20)(H,18,19). The highest BCUT2D eigenvalue weighted by molar-refractivity contribution is 6.03. The summed E-state index contributed by atoms with van der Waals surface area (Å²) in [4.78, 5) is 23.1. The second-order valence-corrected chi connectivity index (χ2v) is 4.23. The van der Waals surface area contributed by atoms with Crippen LogP contribution in [-0.2, 0) is 11.2 Å². The Hall–Kier alpha value is -2.69. The van der Waals surface area contributed by atoms with Crippen molar-refractivity contribution in [3.63, 3.8) is 0 Å². The number of hydrogen-bond acceptors (Lipinski definition) is 2. The predicted molar refractivity (Wildman–Crippen MR) is 73.7 cm³/mol. The van der Waals surface area contributed by atoms with Crippen LogP contribution in [-0.4, -0.2) is 11.8 Å². The highest BCUT2D eigenvalue weighted by Gasteiger charge is 2.12. The maximum atomic E-state index is 13.4. The molecule has 0 heterocycles. The second kappa shape index (κ2) is 5.97. The Balaban J connectivity index is 2.13. The molecule has 0 unspecified atom stereocenters. The fourth-order valence-electron chi connectivity index (χ4n) is 1.82. The third kappa shape index (κ3) is 3.20. The van der Waals surface area contributed by atoms with Gasteiger partial charge in [-0.2, -0.15) is 0 Å². The summed E-state index contributed by atoms with van der Waals surface area (Å²) in [5, 5.41) is 2.56. The number of halogens is 1. The number of carbonyl (C=O) groups is 2. The van der Waals surface area contributed by atoms with Gasteiger partial charge in [0.1, 0.15) is 5.82 Å². The summed E-state index contributed by atoms with van der Waals surface area (Å²) in [6, 6.07) is 12.4. The van der Waals surface area contributed by atoms with E-state index in [0.717, 1.165) is 0 Å². The lowest BCUT2D eigenvalue weighted by Gasteiger charge is -2.09. The molecule has 102 valence electrons. The number of primary amides is 1. The quantitative estimate of drug-likeness (QED) is 0.894. The molecule has 0 atom stereocenters. The average Bonchev–Trinajstić information content (AvgIpc) is 2.41.